The van der Waals surface area contributed by atoms with E-state index in [0.717, 1.165) is 12.0 Å². The number of hydrogen-bond acceptors (Lipinski definition) is 1. The largest absolute Gasteiger partial charge is 0.489 e. The van der Waals surface area contributed by atoms with E-state index >= 15 is 0 Å². The van der Waals surface area contributed by atoms with Crippen molar-refractivity contribution >= 4 is 15.9 Å². The molecule has 72 valence electrons. The van der Waals surface area contributed by atoms with Crippen LogP contribution in [-0.4, -0.2) is 6.61 Å². The van der Waals surface area contributed by atoms with Gasteiger partial charge in [0, 0.05) is 0 Å². The smallest absolute Gasteiger partial charge is 0.169 e. The molecule has 3 heteroatoms. The molecule has 1 rings (SSSR count). The van der Waals surface area contributed by atoms with Crippen LogP contribution in [0.5, 0.6) is 5.75 Å². The Hall–Kier alpha value is -0.570. The average molecular weight is 247 g/mol. The third-order valence-electron chi connectivity index (χ3n) is 1.69. The van der Waals surface area contributed by atoms with Gasteiger partial charge in [0.05, 0.1) is 11.1 Å². The summed E-state index contributed by atoms with van der Waals surface area (Å²) in [5, 5.41) is 0. The van der Waals surface area contributed by atoms with Crippen molar-refractivity contribution < 1.29 is 9.13 Å². The Balaban J connectivity index is 2.96. The molecule has 1 nitrogen and oxygen atoms in total. The zero-order valence-electron chi connectivity index (χ0n) is 7.73. The third-order valence-corrected chi connectivity index (χ3v) is 2.68. The van der Waals surface area contributed by atoms with Crippen LogP contribution >= 0.6 is 15.9 Å². The van der Waals surface area contributed by atoms with Crippen LogP contribution in [0.1, 0.15) is 18.9 Å². The first-order valence-corrected chi connectivity index (χ1v) is 5.03. The van der Waals surface area contributed by atoms with Crippen LogP contribution in [0.2, 0.25) is 0 Å². The second-order valence-electron chi connectivity index (χ2n) is 2.86. The van der Waals surface area contributed by atoms with Crippen LogP contribution in [0.25, 0.3) is 0 Å². The van der Waals surface area contributed by atoms with Crippen LogP contribution in [0, 0.1) is 12.7 Å². The van der Waals surface area contributed by atoms with Crippen molar-refractivity contribution in [2.75, 3.05) is 6.61 Å². The third kappa shape index (κ3) is 2.44. The second kappa shape index (κ2) is 4.61. The van der Waals surface area contributed by atoms with E-state index in [4.69, 9.17) is 4.74 Å². The predicted molar refractivity (Wildman–Crippen MR) is 54.6 cm³/mol. The minimum absolute atomic E-state index is 0.314. The van der Waals surface area contributed by atoms with Gasteiger partial charge in [-0.05, 0) is 40.9 Å². The summed E-state index contributed by atoms with van der Waals surface area (Å²) in [6.07, 6.45) is 0.875. The highest BCUT2D eigenvalue weighted by molar-refractivity contribution is 9.10. The SMILES string of the molecule is CCCOc1c(F)ccc(C)c1Br. The first-order valence-electron chi connectivity index (χ1n) is 4.24. The molecule has 0 aromatic heterocycles. The number of ether oxygens (including phenoxy) is 1. The van der Waals surface area contributed by atoms with E-state index < -0.39 is 0 Å². The average Bonchev–Trinajstić information content (AvgIpc) is 2.12. The molecule has 0 spiro atoms. The van der Waals surface area contributed by atoms with Crippen molar-refractivity contribution in [3.63, 3.8) is 0 Å². The molecule has 0 atom stereocenters. The fourth-order valence-electron chi connectivity index (χ4n) is 0.967. The Morgan fingerprint density at radius 3 is 2.77 bits per heavy atom. The first-order chi connectivity index (χ1) is 6.16. The van der Waals surface area contributed by atoms with Gasteiger partial charge in [-0.25, -0.2) is 4.39 Å². The Morgan fingerprint density at radius 2 is 2.15 bits per heavy atom. The van der Waals surface area contributed by atoms with Gasteiger partial charge in [0.2, 0.25) is 0 Å². The quantitative estimate of drug-likeness (QED) is 0.791. The summed E-state index contributed by atoms with van der Waals surface area (Å²) in [6, 6.07) is 3.14. The van der Waals surface area contributed by atoms with Crippen LogP contribution in [0.3, 0.4) is 0 Å². The fourth-order valence-corrected chi connectivity index (χ4v) is 1.40. The highest BCUT2D eigenvalue weighted by Crippen LogP contribution is 2.31. The van der Waals surface area contributed by atoms with E-state index in [1.54, 1.807) is 6.07 Å². The van der Waals surface area contributed by atoms with E-state index in [9.17, 15) is 4.39 Å². The van der Waals surface area contributed by atoms with Gasteiger partial charge < -0.3 is 4.74 Å². The standard InChI is InChI=1S/C10H12BrFO/c1-3-6-13-10-8(12)5-4-7(2)9(10)11/h4-5H,3,6H2,1-2H3. The number of halogens is 2. The molecule has 0 aliphatic heterocycles. The summed E-state index contributed by atoms with van der Waals surface area (Å²) in [5.74, 6) is 0.00720. The van der Waals surface area contributed by atoms with E-state index in [1.807, 2.05) is 13.8 Å². The zero-order valence-corrected chi connectivity index (χ0v) is 9.32. The van der Waals surface area contributed by atoms with Gasteiger partial charge in [0.25, 0.3) is 0 Å². The van der Waals surface area contributed by atoms with Gasteiger partial charge in [0.15, 0.2) is 11.6 Å². The predicted octanol–water partition coefficient (Wildman–Crippen LogP) is 3.69. The Morgan fingerprint density at radius 1 is 1.46 bits per heavy atom. The monoisotopic (exact) mass is 246 g/mol. The van der Waals surface area contributed by atoms with Crippen LogP contribution in [0.4, 0.5) is 4.39 Å². The second-order valence-corrected chi connectivity index (χ2v) is 3.65. The molecule has 0 radical (unpaired) electrons. The summed E-state index contributed by atoms with van der Waals surface area (Å²) < 4.78 is 19.2. The Labute approximate surface area is 86.0 Å². The van der Waals surface area contributed by atoms with E-state index in [2.05, 4.69) is 15.9 Å². The van der Waals surface area contributed by atoms with Gasteiger partial charge in [-0.2, -0.15) is 0 Å². The lowest BCUT2D eigenvalue weighted by Crippen LogP contribution is -1.99. The Bertz CT molecular complexity index is 299. The highest BCUT2D eigenvalue weighted by Gasteiger charge is 2.09. The zero-order chi connectivity index (χ0) is 9.84. The van der Waals surface area contributed by atoms with Gasteiger partial charge in [-0.3, -0.25) is 0 Å². The molecule has 1 aromatic rings. The summed E-state index contributed by atoms with van der Waals surface area (Å²) in [6.45, 7) is 4.43. The van der Waals surface area contributed by atoms with Gasteiger partial charge in [-0.1, -0.05) is 13.0 Å². The molecule has 0 unspecified atom stereocenters. The van der Waals surface area contributed by atoms with Crippen LogP contribution in [-0.2, 0) is 0 Å². The maximum Gasteiger partial charge on any atom is 0.169 e. The van der Waals surface area contributed by atoms with Gasteiger partial charge in [0.1, 0.15) is 0 Å². The van der Waals surface area contributed by atoms with Crippen molar-refractivity contribution in [1.29, 1.82) is 0 Å². The molecule has 0 aliphatic rings. The highest BCUT2D eigenvalue weighted by atomic mass is 79.9. The maximum atomic E-state index is 13.2. The van der Waals surface area contributed by atoms with E-state index in [1.165, 1.54) is 6.07 Å². The minimum atomic E-state index is -0.314. The van der Waals surface area contributed by atoms with Crippen LogP contribution < -0.4 is 4.74 Å². The molecular weight excluding hydrogens is 235 g/mol. The summed E-state index contributed by atoms with van der Waals surface area (Å²) in [5.41, 5.74) is 0.979. The molecule has 0 bridgehead atoms. The maximum absolute atomic E-state index is 13.2. The van der Waals surface area contributed by atoms with Crippen molar-refractivity contribution in [3.8, 4) is 5.75 Å². The number of benzene rings is 1. The molecule has 0 N–H and O–H groups in total. The number of aryl methyl sites for hydroxylation is 1. The van der Waals surface area contributed by atoms with Crippen molar-refractivity contribution in [2.24, 2.45) is 0 Å². The molecule has 1 aromatic carbocycles. The number of rotatable bonds is 3. The molecule has 0 saturated heterocycles. The van der Waals surface area contributed by atoms with Crippen molar-refractivity contribution in [1.82, 2.24) is 0 Å². The van der Waals surface area contributed by atoms with Crippen LogP contribution in [0.15, 0.2) is 16.6 Å². The molecule has 0 heterocycles. The lowest BCUT2D eigenvalue weighted by atomic mass is 10.2. The molecule has 0 saturated carbocycles. The van der Waals surface area contributed by atoms with Crippen molar-refractivity contribution in [3.05, 3.63) is 28.0 Å². The topological polar surface area (TPSA) is 9.23 Å². The van der Waals surface area contributed by atoms with E-state index in [-0.39, 0.29) is 5.82 Å². The number of hydrogen-bond donors (Lipinski definition) is 0. The first kappa shape index (κ1) is 10.5. The fraction of sp³-hybridized carbons (Fsp3) is 0.400. The summed E-state index contributed by atoms with van der Waals surface area (Å²) >= 11 is 3.30. The summed E-state index contributed by atoms with van der Waals surface area (Å²) in [7, 11) is 0. The minimum Gasteiger partial charge on any atom is -0.489 e. The molecule has 0 fully saturated rings. The molecule has 13 heavy (non-hydrogen) atoms. The normalized spacial score (nSPS) is 10.2. The lowest BCUT2D eigenvalue weighted by Gasteiger charge is -2.09. The molecular formula is C10H12BrFO. The molecule has 0 aliphatic carbocycles. The lowest BCUT2D eigenvalue weighted by molar-refractivity contribution is 0.299. The van der Waals surface area contributed by atoms with Gasteiger partial charge >= 0.3 is 0 Å². The molecule has 0 amide bonds. The van der Waals surface area contributed by atoms with Crippen molar-refractivity contribution in [2.45, 2.75) is 20.3 Å². The summed E-state index contributed by atoms with van der Waals surface area (Å²) in [4.78, 5) is 0. The van der Waals surface area contributed by atoms with E-state index in [0.29, 0.717) is 16.8 Å². The van der Waals surface area contributed by atoms with Gasteiger partial charge in [-0.15, -0.1) is 0 Å². The Kier molecular flexibility index (Phi) is 3.72.